The van der Waals surface area contributed by atoms with Gasteiger partial charge in [0.1, 0.15) is 11.6 Å². The highest BCUT2D eigenvalue weighted by molar-refractivity contribution is 5.47. The van der Waals surface area contributed by atoms with Gasteiger partial charge >= 0.3 is 0 Å². The van der Waals surface area contributed by atoms with Crippen LogP contribution < -0.4 is 5.32 Å². The lowest BCUT2D eigenvalue weighted by Crippen LogP contribution is -2.17. The molecule has 0 aromatic carbocycles. The minimum Gasteiger partial charge on any atom is -0.370 e. The first-order valence-electron chi connectivity index (χ1n) is 8.98. The maximum atomic E-state index is 5.07. The van der Waals surface area contributed by atoms with Gasteiger partial charge in [0.15, 0.2) is 0 Å². The standard InChI is InChI=1S/C18H27N3/c1-2-19-17-14-6-4-3-5-7-16(14)20-18(21-17)15-11-12-8-9-13(15)10-12/h12-13,15H,2-11H2,1H3,(H,19,20,21). The highest BCUT2D eigenvalue weighted by Gasteiger charge is 2.42. The topological polar surface area (TPSA) is 37.8 Å². The van der Waals surface area contributed by atoms with Crippen LogP contribution in [0.3, 0.4) is 0 Å². The van der Waals surface area contributed by atoms with Crippen LogP contribution in [-0.2, 0) is 12.8 Å². The molecule has 0 radical (unpaired) electrons. The summed E-state index contributed by atoms with van der Waals surface area (Å²) in [6.07, 6.45) is 11.9. The average molecular weight is 285 g/mol. The molecular weight excluding hydrogens is 258 g/mol. The normalized spacial score (nSPS) is 31.0. The Morgan fingerprint density at radius 1 is 1.05 bits per heavy atom. The third-order valence-corrected chi connectivity index (χ3v) is 5.86. The van der Waals surface area contributed by atoms with E-state index in [0.717, 1.165) is 37.0 Å². The minimum absolute atomic E-state index is 0.648. The Morgan fingerprint density at radius 2 is 1.95 bits per heavy atom. The first kappa shape index (κ1) is 13.5. The number of nitrogens with zero attached hydrogens (tertiary/aromatic N) is 2. The van der Waals surface area contributed by atoms with Crippen molar-refractivity contribution in [1.29, 1.82) is 0 Å². The smallest absolute Gasteiger partial charge is 0.134 e. The molecule has 0 spiro atoms. The van der Waals surface area contributed by atoms with Gasteiger partial charge in [-0.15, -0.1) is 0 Å². The summed E-state index contributed by atoms with van der Waals surface area (Å²) in [4.78, 5) is 10.1. The van der Waals surface area contributed by atoms with Crippen LogP contribution in [-0.4, -0.2) is 16.5 Å². The zero-order valence-corrected chi connectivity index (χ0v) is 13.2. The Balaban J connectivity index is 1.71. The Bertz CT molecular complexity index is 525. The van der Waals surface area contributed by atoms with Crippen LogP contribution in [0.5, 0.6) is 0 Å². The molecular formula is C18H27N3. The zero-order valence-electron chi connectivity index (χ0n) is 13.2. The number of nitrogens with one attached hydrogen (secondary N) is 1. The molecule has 2 fully saturated rings. The predicted octanol–water partition coefficient (Wildman–Crippen LogP) is 4.08. The van der Waals surface area contributed by atoms with Crippen molar-refractivity contribution in [1.82, 2.24) is 9.97 Å². The molecule has 3 atom stereocenters. The molecule has 0 aliphatic heterocycles. The van der Waals surface area contributed by atoms with Gasteiger partial charge in [-0.25, -0.2) is 9.97 Å². The monoisotopic (exact) mass is 285 g/mol. The first-order chi connectivity index (χ1) is 10.3. The van der Waals surface area contributed by atoms with Crippen LogP contribution in [0.25, 0.3) is 0 Å². The van der Waals surface area contributed by atoms with Gasteiger partial charge in [0.2, 0.25) is 0 Å². The van der Waals surface area contributed by atoms with Crippen molar-refractivity contribution in [2.24, 2.45) is 11.8 Å². The second-order valence-corrected chi connectivity index (χ2v) is 7.23. The van der Waals surface area contributed by atoms with E-state index in [-0.39, 0.29) is 0 Å². The van der Waals surface area contributed by atoms with Gasteiger partial charge in [-0.1, -0.05) is 12.8 Å². The van der Waals surface area contributed by atoms with Gasteiger partial charge in [0, 0.05) is 23.7 Å². The van der Waals surface area contributed by atoms with E-state index in [4.69, 9.17) is 9.97 Å². The fourth-order valence-corrected chi connectivity index (χ4v) is 4.83. The van der Waals surface area contributed by atoms with Crippen LogP contribution in [0.4, 0.5) is 5.82 Å². The maximum Gasteiger partial charge on any atom is 0.134 e. The Morgan fingerprint density at radius 3 is 2.71 bits per heavy atom. The van der Waals surface area contributed by atoms with E-state index >= 15 is 0 Å². The molecule has 3 aliphatic carbocycles. The zero-order chi connectivity index (χ0) is 14.2. The highest BCUT2D eigenvalue weighted by atomic mass is 15.0. The van der Waals surface area contributed by atoms with Gasteiger partial charge < -0.3 is 5.32 Å². The van der Waals surface area contributed by atoms with Crippen molar-refractivity contribution in [2.45, 2.75) is 70.6 Å². The molecule has 4 rings (SSSR count). The molecule has 1 aromatic rings. The summed E-state index contributed by atoms with van der Waals surface area (Å²) in [6.45, 7) is 3.13. The fraction of sp³-hybridized carbons (Fsp3) is 0.778. The van der Waals surface area contributed by atoms with Crippen molar-refractivity contribution in [3.63, 3.8) is 0 Å². The highest BCUT2D eigenvalue weighted by Crippen LogP contribution is 2.52. The Kier molecular flexibility index (Phi) is 3.60. The largest absolute Gasteiger partial charge is 0.370 e. The molecule has 0 amide bonds. The Hall–Kier alpha value is -1.12. The van der Waals surface area contributed by atoms with Crippen LogP contribution in [0, 0.1) is 11.8 Å². The molecule has 2 saturated carbocycles. The van der Waals surface area contributed by atoms with Gasteiger partial charge in [-0.05, 0) is 63.7 Å². The number of fused-ring (bicyclic) bond motifs is 3. The van der Waals surface area contributed by atoms with Gasteiger partial charge in [0.25, 0.3) is 0 Å². The lowest BCUT2D eigenvalue weighted by atomic mass is 9.88. The van der Waals surface area contributed by atoms with Crippen LogP contribution in [0.1, 0.15) is 74.9 Å². The molecule has 3 heteroatoms. The van der Waals surface area contributed by atoms with Crippen LogP contribution in [0.2, 0.25) is 0 Å². The number of anilines is 1. The molecule has 3 nitrogen and oxygen atoms in total. The van der Waals surface area contributed by atoms with Crippen molar-refractivity contribution >= 4 is 5.82 Å². The third-order valence-electron chi connectivity index (χ3n) is 5.86. The lowest BCUT2D eigenvalue weighted by molar-refractivity contribution is 0.404. The second kappa shape index (κ2) is 5.58. The number of hydrogen-bond donors (Lipinski definition) is 1. The van der Waals surface area contributed by atoms with Crippen molar-refractivity contribution in [3.8, 4) is 0 Å². The van der Waals surface area contributed by atoms with E-state index < -0.39 is 0 Å². The SMILES string of the molecule is CCNc1nc(C2CC3CCC2C3)nc2c1CCCCC2. The molecule has 1 heterocycles. The predicted molar refractivity (Wildman–Crippen MR) is 85.6 cm³/mol. The number of aromatic nitrogens is 2. The lowest BCUT2D eigenvalue weighted by Gasteiger charge is -2.22. The first-order valence-corrected chi connectivity index (χ1v) is 8.98. The summed E-state index contributed by atoms with van der Waals surface area (Å²) in [5, 5.41) is 3.52. The van der Waals surface area contributed by atoms with E-state index in [0.29, 0.717) is 5.92 Å². The number of rotatable bonds is 3. The van der Waals surface area contributed by atoms with Gasteiger partial charge in [-0.2, -0.15) is 0 Å². The molecule has 21 heavy (non-hydrogen) atoms. The van der Waals surface area contributed by atoms with E-state index in [1.165, 1.54) is 62.0 Å². The fourth-order valence-electron chi connectivity index (χ4n) is 4.83. The van der Waals surface area contributed by atoms with Gasteiger partial charge in [0.05, 0.1) is 0 Å². The molecule has 0 saturated heterocycles. The van der Waals surface area contributed by atoms with Crippen molar-refractivity contribution < 1.29 is 0 Å². The van der Waals surface area contributed by atoms with Crippen LogP contribution >= 0.6 is 0 Å². The summed E-state index contributed by atoms with van der Waals surface area (Å²) in [5.41, 5.74) is 2.78. The van der Waals surface area contributed by atoms with Crippen LogP contribution in [0.15, 0.2) is 0 Å². The molecule has 1 N–H and O–H groups in total. The summed E-state index contributed by atoms with van der Waals surface area (Å²) in [5.74, 6) is 4.80. The average Bonchev–Trinajstić information content (AvgIpc) is 3.04. The summed E-state index contributed by atoms with van der Waals surface area (Å²) in [6, 6.07) is 0. The minimum atomic E-state index is 0.648. The number of hydrogen-bond acceptors (Lipinski definition) is 3. The van der Waals surface area contributed by atoms with Crippen molar-refractivity contribution in [2.75, 3.05) is 11.9 Å². The summed E-state index contributed by atoms with van der Waals surface area (Å²) in [7, 11) is 0. The van der Waals surface area contributed by atoms with E-state index in [2.05, 4.69) is 12.2 Å². The van der Waals surface area contributed by atoms with E-state index in [9.17, 15) is 0 Å². The number of aryl methyl sites for hydroxylation is 1. The molecule has 3 unspecified atom stereocenters. The van der Waals surface area contributed by atoms with Gasteiger partial charge in [-0.3, -0.25) is 0 Å². The summed E-state index contributed by atoms with van der Waals surface area (Å²) >= 11 is 0. The molecule has 3 aliphatic rings. The third kappa shape index (κ3) is 2.45. The van der Waals surface area contributed by atoms with E-state index in [1.54, 1.807) is 0 Å². The summed E-state index contributed by atoms with van der Waals surface area (Å²) < 4.78 is 0. The quantitative estimate of drug-likeness (QED) is 0.850. The van der Waals surface area contributed by atoms with E-state index in [1.807, 2.05) is 0 Å². The molecule has 1 aromatic heterocycles. The maximum absolute atomic E-state index is 5.07. The second-order valence-electron chi connectivity index (χ2n) is 7.23. The molecule has 114 valence electrons. The van der Waals surface area contributed by atoms with Crippen molar-refractivity contribution in [3.05, 3.63) is 17.1 Å². The molecule has 2 bridgehead atoms. The Labute approximate surface area is 128 Å².